The minimum Gasteiger partial charge on any atom is -0.322 e. The molecule has 4 heteroatoms. The van der Waals surface area contributed by atoms with Gasteiger partial charge in [0.1, 0.15) is 5.82 Å². The maximum absolute atomic E-state index is 13.5. The zero-order chi connectivity index (χ0) is 13.8. The van der Waals surface area contributed by atoms with Crippen LogP contribution in [0.2, 0.25) is 0 Å². The molecule has 0 bridgehead atoms. The zero-order valence-corrected chi connectivity index (χ0v) is 11.5. The molecule has 1 aromatic rings. The number of nitrogens with zero attached hydrogens (tertiary/aromatic N) is 1. The number of anilines is 1. The second-order valence-corrected chi connectivity index (χ2v) is 5.36. The van der Waals surface area contributed by atoms with Gasteiger partial charge in [-0.2, -0.15) is 0 Å². The summed E-state index contributed by atoms with van der Waals surface area (Å²) in [6.07, 6.45) is 2.24. The standard InChI is InChI=1S/C15H21FN2O/c1-11-7-9-18(10-8-11)12(2)15(19)17-14-6-4-3-5-13(14)16/h3-6,11-12H,7-10H2,1-2H3,(H,17,19)/t12-/m1/s1. The van der Waals surface area contributed by atoms with Crippen molar-refractivity contribution in [3.8, 4) is 0 Å². The number of halogens is 1. The molecule has 1 amide bonds. The van der Waals surface area contributed by atoms with Crippen LogP contribution in [0.3, 0.4) is 0 Å². The molecule has 1 atom stereocenters. The van der Waals surface area contributed by atoms with Crippen molar-refractivity contribution >= 4 is 11.6 Å². The van der Waals surface area contributed by atoms with E-state index in [1.807, 2.05) is 6.92 Å². The smallest absolute Gasteiger partial charge is 0.241 e. The lowest BCUT2D eigenvalue weighted by Gasteiger charge is -2.34. The van der Waals surface area contributed by atoms with Crippen LogP contribution >= 0.6 is 0 Å². The summed E-state index contributed by atoms with van der Waals surface area (Å²) in [4.78, 5) is 14.3. The molecular formula is C15H21FN2O. The summed E-state index contributed by atoms with van der Waals surface area (Å²) in [7, 11) is 0. The van der Waals surface area contributed by atoms with E-state index in [2.05, 4.69) is 17.1 Å². The minimum absolute atomic E-state index is 0.139. The van der Waals surface area contributed by atoms with Crippen LogP contribution in [-0.4, -0.2) is 29.9 Å². The lowest BCUT2D eigenvalue weighted by atomic mass is 9.98. The molecule has 0 radical (unpaired) electrons. The van der Waals surface area contributed by atoms with Crippen molar-refractivity contribution in [2.45, 2.75) is 32.7 Å². The van der Waals surface area contributed by atoms with Gasteiger partial charge in [-0.1, -0.05) is 19.1 Å². The van der Waals surface area contributed by atoms with Gasteiger partial charge in [-0.15, -0.1) is 0 Å². The average molecular weight is 264 g/mol. The molecule has 3 nitrogen and oxygen atoms in total. The Balaban J connectivity index is 1.94. The lowest BCUT2D eigenvalue weighted by Crippen LogP contribution is -2.45. The van der Waals surface area contributed by atoms with Crippen molar-refractivity contribution in [3.63, 3.8) is 0 Å². The van der Waals surface area contributed by atoms with E-state index in [0.717, 1.165) is 31.8 Å². The third-order valence-electron chi connectivity index (χ3n) is 3.88. The minimum atomic E-state index is -0.393. The third kappa shape index (κ3) is 3.53. The van der Waals surface area contributed by atoms with E-state index in [-0.39, 0.29) is 17.6 Å². The highest BCUT2D eigenvalue weighted by Gasteiger charge is 2.25. The summed E-state index contributed by atoms with van der Waals surface area (Å²) in [5.74, 6) is 0.202. The van der Waals surface area contributed by atoms with Crippen LogP contribution in [0, 0.1) is 11.7 Å². The molecular weight excluding hydrogens is 243 g/mol. The van der Waals surface area contributed by atoms with Gasteiger partial charge in [0, 0.05) is 0 Å². The predicted molar refractivity (Wildman–Crippen MR) is 74.5 cm³/mol. The largest absolute Gasteiger partial charge is 0.322 e. The molecule has 0 aliphatic carbocycles. The van der Waals surface area contributed by atoms with Crippen molar-refractivity contribution in [2.24, 2.45) is 5.92 Å². The Morgan fingerprint density at radius 3 is 2.63 bits per heavy atom. The molecule has 1 aliphatic rings. The highest BCUT2D eigenvalue weighted by molar-refractivity contribution is 5.94. The molecule has 1 aliphatic heterocycles. The number of hydrogen-bond donors (Lipinski definition) is 1. The molecule has 1 heterocycles. The van der Waals surface area contributed by atoms with E-state index in [0.29, 0.717) is 0 Å². The number of amides is 1. The number of para-hydroxylation sites is 1. The van der Waals surface area contributed by atoms with E-state index in [4.69, 9.17) is 0 Å². The Morgan fingerprint density at radius 2 is 2.00 bits per heavy atom. The number of carbonyl (C=O) groups excluding carboxylic acids is 1. The topological polar surface area (TPSA) is 32.3 Å². The maximum atomic E-state index is 13.5. The third-order valence-corrected chi connectivity index (χ3v) is 3.88. The fourth-order valence-electron chi connectivity index (χ4n) is 2.38. The van der Waals surface area contributed by atoms with Crippen molar-refractivity contribution in [1.82, 2.24) is 4.90 Å². The van der Waals surface area contributed by atoms with Gasteiger partial charge in [-0.05, 0) is 50.9 Å². The first-order chi connectivity index (χ1) is 9.08. The van der Waals surface area contributed by atoms with Crippen molar-refractivity contribution in [1.29, 1.82) is 0 Å². The SMILES string of the molecule is CC1CCN([C@H](C)C(=O)Nc2ccccc2F)CC1. The number of likely N-dealkylation sites (tertiary alicyclic amines) is 1. The Morgan fingerprint density at radius 1 is 1.37 bits per heavy atom. The van der Waals surface area contributed by atoms with Crippen LogP contribution < -0.4 is 5.32 Å². The van der Waals surface area contributed by atoms with Gasteiger partial charge in [0.2, 0.25) is 5.91 Å². The van der Waals surface area contributed by atoms with Crippen LogP contribution in [-0.2, 0) is 4.79 Å². The van der Waals surface area contributed by atoms with E-state index >= 15 is 0 Å². The van der Waals surface area contributed by atoms with Crippen LogP contribution in [0.25, 0.3) is 0 Å². The van der Waals surface area contributed by atoms with Crippen molar-refractivity contribution < 1.29 is 9.18 Å². The molecule has 0 aromatic heterocycles. The summed E-state index contributed by atoms with van der Waals surface area (Å²) >= 11 is 0. The van der Waals surface area contributed by atoms with Gasteiger partial charge >= 0.3 is 0 Å². The molecule has 19 heavy (non-hydrogen) atoms. The number of piperidine rings is 1. The van der Waals surface area contributed by atoms with Gasteiger partial charge in [0.25, 0.3) is 0 Å². The van der Waals surface area contributed by atoms with Gasteiger partial charge in [0.15, 0.2) is 0 Å². The van der Waals surface area contributed by atoms with Crippen molar-refractivity contribution in [2.75, 3.05) is 18.4 Å². The highest BCUT2D eigenvalue weighted by Crippen LogP contribution is 2.19. The Labute approximate surface area is 113 Å². The highest BCUT2D eigenvalue weighted by atomic mass is 19.1. The van der Waals surface area contributed by atoms with Crippen LogP contribution in [0.15, 0.2) is 24.3 Å². The molecule has 1 fully saturated rings. The summed E-state index contributed by atoms with van der Waals surface area (Å²) in [5.41, 5.74) is 0.254. The summed E-state index contributed by atoms with van der Waals surface area (Å²) in [5, 5.41) is 2.66. The van der Waals surface area contributed by atoms with E-state index < -0.39 is 5.82 Å². The number of rotatable bonds is 3. The Kier molecular flexibility index (Phi) is 4.53. The van der Waals surface area contributed by atoms with Gasteiger partial charge in [-0.3, -0.25) is 9.69 Å². The molecule has 1 aromatic carbocycles. The van der Waals surface area contributed by atoms with Crippen LogP contribution in [0.1, 0.15) is 26.7 Å². The predicted octanol–water partition coefficient (Wildman–Crippen LogP) is 2.88. The maximum Gasteiger partial charge on any atom is 0.241 e. The summed E-state index contributed by atoms with van der Waals surface area (Å²) < 4.78 is 13.5. The first-order valence-electron chi connectivity index (χ1n) is 6.87. The molecule has 0 unspecified atom stereocenters. The molecule has 1 saturated heterocycles. The summed E-state index contributed by atoms with van der Waals surface area (Å²) in [6, 6.07) is 6.04. The number of benzene rings is 1. The second-order valence-electron chi connectivity index (χ2n) is 5.36. The number of nitrogens with one attached hydrogen (secondary N) is 1. The summed E-state index contributed by atoms with van der Waals surface area (Å²) in [6.45, 7) is 5.99. The lowest BCUT2D eigenvalue weighted by molar-refractivity contribution is -0.121. The molecule has 1 N–H and O–H groups in total. The fourth-order valence-corrected chi connectivity index (χ4v) is 2.38. The number of carbonyl (C=O) groups is 1. The first-order valence-corrected chi connectivity index (χ1v) is 6.87. The monoisotopic (exact) mass is 264 g/mol. The van der Waals surface area contributed by atoms with Gasteiger partial charge < -0.3 is 5.32 Å². The van der Waals surface area contributed by atoms with Crippen molar-refractivity contribution in [3.05, 3.63) is 30.1 Å². The Bertz CT molecular complexity index is 442. The van der Waals surface area contributed by atoms with E-state index in [1.165, 1.54) is 6.07 Å². The molecule has 104 valence electrons. The molecule has 0 spiro atoms. The second kappa shape index (κ2) is 6.15. The Hall–Kier alpha value is -1.42. The fraction of sp³-hybridized carbons (Fsp3) is 0.533. The van der Waals surface area contributed by atoms with E-state index in [1.54, 1.807) is 18.2 Å². The number of hydrogen-bond acceptors (Lipinski definition) is 2. The first kappa shape index (κ1) is 14.0. The molecule has 2 rings (SSSR count). The van der Waals surface area contributed by atoms with Gasteiger partial charge in [0.05, 0.1) is 11.7 Å². The quantitative estimate of drug-likeness (QED) is 0.910. The van der Waals surface area contributed by atoms with E-state index in [9.17, 15) is 9.18 Å². The zero-order valence-electron chi connectivity index (χ0n) is 11.5. The van der Waals surface area contributed by atoms with Crippen LogP contribution in [0.5, 0.6) is 0 Å². The normalized spacial score (nSPS) is 19.1. The molecule has 0 saturated carbocycles. The van der Waals surface area contributed by atoms with Gasteiger partial charge in [-0.25, -0.2) is 4.39 Å². The van der Waals surface area contributed by atoms with Crippen LogP contribution in [0.4, 0.5) is 10.1 Å². The average Bonchev–Trinajstić information content (AvgIpc) is 2.41.